The highest BCUT2D eigenvalue weighted by Crippen LogP contribution is 2.26. The van der Waals surface area contributed by atoms with Crippen LogP contribution in [0, 0.1) is 20.8 Å². The van der Waals surface area contributed by atoms with Crippen molar-refractivity contribution in [1.82, 2.24) is 11.1 Å². The molecule has 0 saturated heterocycles. The van der Waals surface area contributed by atoms with Crippen LogP contribution in [0.1, 0.15) is 22.3 Å². The molecule has 1 aliphatic rings. The molecule has 0 saturated carbocycles. The summed E-state index contributed by atoms with van der Waals surface area (Å²) in [7, 11) is 0. The third-order valence-corrected chi connectivity index (χ3v) is 4.61. The van der Waals surface area contributed by atoms with Crippen molar-refractivity contribution in [2.45, 2.75) is 26.5 Å². The highest BCUT2D eigenvalue weighted by atomic mass is 32.2. The standard InChI is InChI=1S/C17H20N4S/c1-12-5-8-15(9-6-12)11-22-17-18-19-20-21(17)16-10-13(2)4-7-14(16)3/h4-10,19-20H,11H2,1-3H3. The van der Waals surface area contributed by atoms with Crippen LogP contribution in [-0.4, -0.2) is 5.17 Å². The van der Waals surface area contributed by atoms with Crippen molar-refractivity contribution in [3.8, 4) is 0 Å². The van der Waals surface area contributed by atoms with Gasteiger partial charge in [0.1, 0.15) is 0 Å². The molecule has 0 spiro atoms. The monoisotopic (exact) mass is 312 g/mol. The van der Waals surface area contributed by atoms with Crippen molar-refractivity contribution in [2.24, 2.45) is 5.10 Å². The maximum Gasteiger partial charge on any atom is 0.205 e. The number of aryl methyl sites for hydroxylation is 3. The molecular weight excluding hydrogens is 292 g/mol. The Labute approximate surface area is 135 Å². The van der Waals surface area contributed by atoms with Gasteiger partial charge < -0.3 is 0 Å². The molecule has 0 fully saturated rings. The second-order valence-corrected chi connectivity index (χ2v) is 6.46. The Morgan fingerprint density at radius 3 is 2.50 bits per heavy atom. The number of nitrogens with zero attached hydrogens (tertiary/aromatic N) is 2. The van der Waals surface area contributed by atoms with E-state index in [1.165, 1.54) is 22.3 Å². The number of hydrogen-bond acceptors (Lipinski definition) is 5. The summed E-state index contributed by atoms with van der Waals surface area (Å²) in [5.74, 6) is 0.893. The van der Waals surface area contributed by atoms with E-state index in [0.29, 0.717) is 0 Å². The van der Waals surface area contributed by atoms with Crippen LogP contribution in [0.25, 0.3) is 0 Å². The van der Waals surface area contributed by atoms with E-state index in [-0.39, 0.29) is 0 Å². The highest BCUT2D eigenvalue weighted by molar-refractivity contribution is 8.13. The molecule has 0 aromatic heterocycles. The van der Waals surface area contributed by atoms with E-state index in [1.54, 1.807) is 11.8 Å². The van der Waals surface area contributed by atoms with Gasteiger partial charge in [-0.15, -0.1) is 10.6 Å². The Morgan fingerprint density at radius 1 is 1.00 bits per heavy atom. The zero-order valence-electron chi connectivity index (χ0n) is 13.1. The number of rotatable bonds is 3. The molecule has 0 aliphatic carbocycles. The van der Waals surface area contributed by atoms with Gasteiger partial charge in [-0.05, 0) is 43.5 Å². The van der Waals surface area contributed by atoms with Crippen molar-refractivity contribution in [1.29, 1.82) is 0 Å². The van der Waals surface area contributed by atoms with Gasteiger partial charge in [0.25, 0.3) is 0 Å². The van der Waals surface area contributed by atoms with E-state index >= 15 is 0 Å². The van der Waals surface area contributed by atoms with E-state index in [2.05, 4.69) is 79.4 Å². The maximum atomic E-state index is 4.34. The first-order valence-electron chi connectivity index (χ1n) is 7.27. The van der Waals surface area contributed by atoms with E-state index in [4.69, 9.17) is 0 Å². The first-order chi connectivity index (χ1) is 10.6. The van der Waals surface area contributed by atoms with Crippen molar-refractivity contribution in [2.75, 3.05) is 5.01 Å². The molecule has 0 amide bonds. The van der Waals surface area contributed by atoms with Gasteiger partial charge in [-0.3, -0.25) is 0 Å². The minimum absolute atomic E-state index is 0.893. The van der Waals surface area contributed by atoms with E-state index in [9.17, 15) is 0 Å². The molecule has 0 bridgehead atoms. The lowest BCUT2D eigenvalue weighted by molar-refractivity contribution is 0.622. The summed E-state index contributed by atoms with van der Waals surface area (Å²) in [5, 5.41) is 7.27. The van der Waals surface area contributed by atoms with E-state index in [1.807, 2.05) is 5.01 Å². The number of amidine groups is 1. The Hall–Kier alpha value is -1.98. The van der Waals surface area contributed by atoms with Gasteiger partial charge in [0, 0.05) is 5.75 Å². The van der Waals surface area contributed by atoms with Crippen LogP contribution < -0.4 is 16.1 Å². The van der Waals surface area contributed by atoms with Gasteiger partial charge in [-0.1, -0.05) is 53.7 Å². The fourth-order valence-electron chi connectivity index (χ4n) is 2.27. The largest absolute Gasteiger partial charge is 0.233 e. The van der Waals surface area contributed by atoms with Crippen LogP contribution in [0.5, 0.6) is 0 Å². The minimum Gasteiger partial charge on any atom is -0.233 e. The van der Waals surface area contributed by atoms with Gasteiger partial charge in [-0.25, -0.2) is 10.5 Å². The Balaban J connectivity index is 1.73. The molecule has 3 rings (SSSR count). The molecule has 22 heavy (non-hydrogen) atoms. The van der Waals surface area contributed by atoms with Gasteiger partial charge in [0.15, 0.2) is 0 Å². The fraction of sp³-hybridized carbons (Fsp3) is 0.235. The Kier molecular flexibility index (Phi) is 4.36. The van der Waals surface area contributed by atoms with Gasteiger partial charge in [0.05, 0.1) is 5.69 Å². The molecule has 114 valence electrons. The number of thioether (sulfide) groups is 1. The smallest absolute Gasteiger partial charge is 0.205 e. The number of anilines is 1. The van der Waals surface area contributed by atoms with E-state index < -0.39 is 0 Å². The molecule has 2 aromatic carbocycles. The SMILES string of the molecule is Cc1ccc(CSC2=NNNN2c2cc(C)ccc2C)cc1. The first-order valence-corrected chi connectivity index (χ1v) is 8.26. The minimum atomic E-state index is 0.893. The highest BCUT2D eigenvalue weighted by Gasteiger charge is 2.21. The van der Waals surface area contributed by atoms with Crippen LogP contribution in [-0.2, 0) is 5.75 Å². The normalized spacial score (nSPS) is 14.0. The summed E-state index contributed by atoms with van der Waals surface area (Å²) in [6.45, 7) is 6.31. The molecule has 0 radical (unpaired) electrons. The summed E-state index contributed by atoms with van der Waals surface area (Å²) in [6.07, 6.45) is 0. The van der Waals surface area contributed by atoms with Crippen molar-refractivity contribution in [3.05, 3.63) is 64.7 Å². The van der Waals surface area contributed by atoms with E-state index in [0.717, 1.165) is 16.6 Å². The lowest BCUT2D eigenvalue weighted by Crippen LogP contribution is -2.40. The van der Waals surface area contributed by atoms with Gasteiger partial charge in [-0.2, -0.15) is 0 Å². The van der Waals surface area contributed by atoms with Crippen LogP contribution in [0.2, 0.25) is 0 Å². The lowest BCUT2D eigenvalue weighted by Gasteiger charge is -2.21. The number of nitrogens with one attached hydrogen (secondary N) is 2. The summed E-state index contributed by atoms with van der Waals surface area (Å²) in [6, 6.07) is 15.0. The van der Waals surface area contributed by atoms with Gasteiger partial charge in [0.2, 0.25) is 5.17 Å². The third-order valence-electron chi connectivity index (χ3n) is 3.60. The predicted octanol–water partition coefficient (Wildman–Crippen LogP) is 3.65. The quantitative estimate of drug-likeness (QED) is 0.907. The van der Waals surface area contributed by atoms with Crippen molar-refractivity contribution in [3.63, 3.8) is 0 Å². The van der Waals surface area contributed by atoms with Crippen molar-refractivity contribution < 1.29 is 0 Å². The molecule has 5 heteroatoms. The zero-order valence-corrected chi connectivity index (χ0v) is 13.9. The molecule has 0 unspecified atom stereocenters. The van der Waals surface area contributed by atoms with Crippen LogP contribution in [0.4, 0.5) is 5.69 Å². The first kappa shape index (κ1) is 14.9. The summed E-state index contributed by atoms with van der Waals surface area (Å²) >= 11 is 1.71. The topological polar surface area (TPSA) is 39.7 Å². The molecule has 1 heterocycles. The lowest BCUT2D eigenvalue weighted by atomic mass is 10.1. The molecule has 2 N–H and O–H groups in total. The second kappa shape index (κ2) is 6.42. The van der Waals surface area contributed by atoms with Crippen molar-refractivity contribution >= 4 is 22.6 Å². The van der Waals surface area contributed by atoms with Crippen LogP contribution in [0.3, 0.4) is 0 Å². The molecule has 0 atom stereocenters. The second-order valence-electron chi connectivity index (χ2n) is 5.52. The fourth-order valence-corrected chi connectivity index (χ4v) is 3.14. The van der Waals surface area contributed by atoms with Crippen LogP contribution >= 0.6 is 11.8 Å². The molecule has 4 nitrogen and oxygen atoms in total. The number of hydrogen-bond donors (Lipinski definition) is 2. The van der Waals surface area contributed by atoms with Crippen LogP contribution in [0.15, 0.2) is 47.6 Å². The Morgan fingerprint density at radius 2 is 1.73 bits per heavy atom. The number of hydrazone groups is 1. The van der Waals surface area contributed by atoms with Gasteiger partial charge >= 0.3 is 0 Å². The predicted molar refractivity (Wildman–Crippen MR) is 94.6 cm³/mol. The molecular formula is C17H20N4S. The summed E-state index contributed by atoms with van der Waals surface area (Å²) in [4.78, 5) is 0. The number of hydrazine groups is 2. The third kappa shape index (κ3) is 3.26. The molecule has 2 aromatic rings. The maximum absolute atomic E-state index is 4.34. The Bertz CT molecular complexity index is 694. The summed E-state index contributed by atoms with van der Waals surface area (Å²) < 4.78 is 0. The average molecular weight is 312 g/mol. The average Bonchev–Trinajstić information content (AvgIpc) is 2.97. The number of benzene rings is 2. The summed E-state index contributed by atoms with van der Waals surface area (Å²) in [5.41, 5.74) is 12.1. The molecule has 1 aliphatic heterocycles. The zero-order chi connectivity index (χ0) is 15.5.